The van der Waals surface area contributed by atoms with Crippen LogP contribution in [-0.2, 0) is 6.61 Å². The number of aromatic nitrogens is 1. The molecule has 1 aromatic heterocycles. The number of carbonyl (C=O) groups is 1. The van der Waals surface area contributed by atoms with Crippen molar-refractivity contribution < 1.29 is 14.6 Å². The maximum Gasteiger partial charge on any atom is 0.337 e. The van der Waals surface area contributed by atoms with Gasteiger partial charge in [-0.05, 0) is 29.8 Å². The van der Waals surface area contributed by atoms with E-state index in [2.05, 4.69) is 15.5 Å². The van der Waals surface area contributed by atoms with Crippen LogP contribution in [-0.4, -0.2) is 22.3 Å². The molecule has 2 aromatic carbocycles. The third-order valence-electron chi connectivity index (χ3n) is 3.59. The van der Waals surface area contributed by atoms with Gasteiger partial charge in [-0.1, -0.05) is 42.5 Å². The lowest BCUT2D eigenvalue weighted by Gasteiger charge is -2.08. The number of carboxylic acids is 1. The fourth-order valence-electron chi connectivity index (χ4n) is 2.22. The SMILES string of the molecule is O=C(O)c1ccc(N/N=C/c2ccccc2COc2ccccc2)nc1. The summed E-state index contributed by atoms with van der Waals surface area (Å²) in [7, 11) is 0. The summed E-state index contributed by atoms with van der Waals surface area (Å²) < 4.78 is 5.78. The van der Waals surface area contributed by atoms with E-state index in [1.165, 1.54) is 12.3 Å². The van der Waals surface area contributed by atoms with Crippen molar-refractivity contribution in [1.82, 2.24) is 4.98 Å². The predicted molar refractivity (Wildman–Crippen MR) is 99.6 cm³/mol. The van der Waals surface area contributed by atoms with E-state index in [1.54, 1.807) is 12.3 Å². The molecule has 0 saturated heterocycles. The van der Waals surface area contributed by atoms with Gasteiger partial charge in [0, 0.05) is 11.8 Å². The van der Waals surface area contributed by atoms with Gasteiger partial charge in [-0.15, -0.1) is 0 Å². The molecule has 0 atom stereocenters. The molecule has 0 fully saturated rings. The van der Waals surface area contributed by atoms with Gasteiger partial charge in [-0.3, -0.25) is 5.43 Å². The molecule has 26 heavy (non-hydrogen) atoms. The van der Waals surface area contributed by atoms with E-state index in [1.807, 2.05) is 54.6 Å². The zero-order valence-electron chi connectivity index (χ0n) is 13.9. The average Bonchev–Trinajstić information content (AvgIpc) is 2.68. The maximum absolute atomic E-state index is 10.8. The summed E-state index contributed by atoms with van der Waals surface area (Å²) in [4.78, 5) is 14.8. The highest BCUT2D eigenvalue weighted by atomic mass is 16.5. The van der Waals surface area contributed by atoms with Crippen LogP contribution in [0.15, 0.2) is 78.0 Å². The van der Waals surface area contributed by atoms with Crippen LogP contribution in [0.25, 0.3) is 0 Å². The van der Waals surface area contributed by atoms with E-state index in [-0.39, 0.29) is 5.56 Å². The van der Waals surface area contributed by atoms with Crippen LogP contribution >= 0.6 is 0 Å². The Kier molecular flexibility index (Phi) is 5.57. The number of benzene rings is 2. The first-order valence-electron chi connectivity index (χ1n) is 7.96. The molecule has 3 rings (SSSR count). The largest absolute Gasteiger partial charge is 0.489 e. The van der Waals surface area contributed by atoms with Crippen LogP contribution in [0.4, 0.5) is 5.82 Å². The third-order valence-corrected chi connectivity index (χ3v) is 3.59. The van der Waals surface area contributed by atoms with Gasteiger partial charge < -0.3 is 9.84 Å². The fourth-order valence-corrected chi connectivity index (χ4v) is 2.22. The second-order valence-electron chi connectivity index (χ2n) is 5.41. The molecule has 0 aliphatic carbocycles. The van der Waals surface area contributed by atoms with Crippen molar-refractivity contribution in [2.45, 2.75) is 6.61 Å². The zero-order valence-corrected chi connectivity index (χ0v) is 13.9. The number of rotatable bonds is 7. The number of nitrogens with zero attached hydrogens (tertiary/aromatic N) is 2. The Hall–Kier alpha value is -3.67. The van der Waals surface area contributed by atoms with E-state index < -0.39 is 5.97 Å². The van der Waals surface area contributed by atoms with Gasteiger partial charge in [0.05, 0.1) is 11.8 Å². The summed E-state index contributed by atoms with van der Waals surface area (Å²) in [5, 5.41) is 13.0. The third kappa shape index (κ3) is 4.67. The summed E-state index contributed by atoms with van der Waals surface area (Å²) in [6.07, 6.45) is 2.96. The van der Waals surface area contributed by atoms with Crippen LogP contribution in [0.3, 0.4) is 0 Å². The van der Waals surface area contributed by atoms with Crippen molar-refractivity contribution in [2.24, 2.45) is 5.10 Å². The standard InChI is InChI=1S/C20H17N3O3/c24-20(25)16-10-11-19(21-12-16)23-22-13-15-6-4-5-7-17(15)14-26-18-8-2-1-3-9-18/h1-13H,14H2,(H,21,23)(H,24,25)/b22-13+. The molecule has 0 amide bonds. The molecule has 3 aromatic rings. The zero-order chi connectivity index (χ0) is 18.2. The number of para-hydroxylation sites is 1. The Labute approximate surface area is 150 Å². The van der Waals surface area contributed by atoms with E-state index in [4.69, 9.17) is 9.84 Å². The van der Waals surface area contributed by atoms with Crippen LogP contribution < -0.4 is 10.2 Å². The molecule has 6 nitrogen and oxygen atoms in total. The molecular weight excluding hydrogens is 330 g/mol. The van der Waals surface area contributed by atoms with Crippen LogP contribution in [0, 0.1) is 0 Å². The van der Waals surface area contributed by atoms with E-state index >= 15 is 0 Å². The van der Waals surface area contributed by atoms with Crippen LogP contribution in [0.1, 0.15) is 21.5 Å². The molecule has 0 unspecified atom stereocenters. The van der Waals surface area contributed by atoms with Gasteiger partial charge in [0.2, 0.25) is 0 Å². The van der Waals surface area contributed by atoms with Crippen LogP contribution in [0.5, 0.6) is 5.75 Å². The van der Waals surface area contributed by atoms with Gasteiger partial charge in [-0.25, -0.2) is 9.78 Å². The van der Waals surface area contributed by atoms with Gasteiger partial charge in [0.25, 0.3) is 0 Å². The molecule has 0 bridgehead atoms. The lowest BCUT2D eigenvalue weighted by molar-refractivity contribution is 0.0696. The summed E-state index contributed by atoms with van der Waals surface area (Å²) >= 11 is 0. The highest BCUT2D eigenvalue weighted by Crippen LogP contribution is 2.14. The molecular formula is C20H17N3O3. The highest BCUT2D eigenvalue weighted by Gasteiger charge is 2.03. The smallest absolute Gasteiger partial charge is 0.337 e. The predicted octanol–water partition coefficient (Wildman–Crippen LogP) is 3.80. The summed E-state index contributed by atoms with van der Waals surface area (Å²) in [5.41, 5.74) is 4.82. The van der Waals surface area contributed by atoms with Gasteiger partial charge in [0.1, 0.15) is 18.2 Å². The molecule has 0 spiro atoms. The highest BCUT2D eigenvalue weighted by molar-refractivity contribution is 5.87. The number of hydrogen-bond acceptors (Lipinski definition) is 5. The Morgan fingerprint density at radius 2 is 1.85 bits per heavy atom. The van der Waals surface area contributed by atoms with E-state index in [9.17, 15) is 4.79 Å². The fraction of sp³-hybridized carbons (Fsp3) is 0.0500. The number of nitrogens with one attached hydrogen (secondary N) is 1. The van der Waals surface area contributed by atoms with E-state index in [0.29, 0.717) is 12.4 Å². The molecule has 2 N–H and O–H groups in total. The van der Waals surface area contributed by atoms with Gasteiger partial charge in [0.15, 0.2) is 0 Å². The van der Waals surface area contributed by atoms with Gasteiger partial charge >= 0.3 is 5.97 Å². The number of anilines is 1. The summed E-state index contributed by atoms with van der Waals surface area (Å²) in [6.45, 7) is 0.428. The van der Waals surface area contributed by atoms with Crippen LogP contribution in [0.2, 0.25) is 0 Å². The van der Waals surface area contributed by atoms with Crippen molar-refractivity contribution in [3.05, 3.63) is 89.6 Å². The number of carboxylic acid groups (broad SMARTS) is 1. The lowest BCUT2D eigenvalue weighted by Crippen LogP contribution is -2.01. The Morgan fingerprint density at radius 3 is 2.58 bits per heavy atom. The number of pyridine rings is 1. The van der Waals surface area contributed by atoms with Crippen molar-refractivity contribution in [2.75, 3.05) is 5.43 Å². The molecule has 6 heteroatoms. The first-order chi connectivity index (χ1) is 12.7. The first kappa shape index (κ1) is 17.2. The normalized spacial score (nSPS) is 10.6. The minimum atomic E-state index is -1.01. The number of hydrogen-bond donors (Lipinski definition) is 2. The molecule has 1 heterocycles. The monoisotopic (exact) mass is 347 g/mol. The lowest BCUT2D eigenvalue weighted by atomic mass is 10.1. The van der Waals surface area contributed by atoms with Crippen molar-refractivity contribution in [3.63, 3.8) is 0 Å². The molecule has 0 aliphatic heterocycles. The number of aromatic carboxylic acids is 1. The molecule has 130 valence electrons. The van der Waals surface area contributed by atoms with Crippen molar-refractivity contribution in [1.29, 1.82) is 0 Å². The second kappa shape index (κ2) is 8.43. The Bertz CT molecular complexity index is 894. The molecule has 0 saturated carbocycles. The molecule has 0 radical (unpaired) electrons. The second-order valence-corrected chi connectivity index (χ2v) is 5.41. The minimum absolute atomic E-state index is 0.128. The quantitative estimate of drug-likeness (QED) is 0.502. The van der Waals surface area contributed by atoms with E-state index in [0.717, 1.165) is 16.9 Å². The Morgan fingerprint density at radius 1 is 1.08 bits per heavy atom. The van der Waals surface area contributed by atoms with Crippen molar-refractivity contribution >= 4 is 18.0 Å². The Balaban J connectivity index is 1.64. The minimum Gasteiger partial charge on any atom is -0.489 e. The average molecular weight is 347 g/mol. The topological polar surface area (TPSA) is 83.8 Å². The maximum atomic E-state index is 10.8. The summed E-state index contributed by atoms with van der Waals surface area (Å²) in [6, 6.07) is 20.4. The summed E-state index contributed by atoms with van der Waals surface area (Å²) in [5.74, 6) is 0.254. The van der Waals surface area contributed by atoms with Gasteiger partial charge in [-0.2, -0.15) is 5.10 Å². The number of hydrazone groups is 1. The number of ether oxygens (including phenoxy) is 1. The van der Waals surface area contributed by atoms with Crippen molar-refractivity contribution in [3.8, 4) is 5.75 Å². The molecule has 0 aliphatic rings. The first-order valence-corrected chi connectivity index (χ1v) is 7.96.